The van der Waals surface area contributed by atoms with Crippen molar-refractivity contribution in [2.75, 3.05) is 13.6 Å². The van der Waals surface area contributed by atoms with Crippen LogP contribution in [0.25, 0.3) is 0 Å². The van der Waals surface area contributed by atoms with Crippen molar-refractivity contribution in [3.8, 4) is 0 Å². The number of carbonyl (C=O) groups excluding carboxylic acids is 1. The summed E-state index contributed by atoms with van der Waals surface area (Å²) < 4.78 is 0. The van der Waals surface area contributed by atoms with E-state index in [2.05, 4.69) is 5.32 Å². The molecule has 3 nitrogen and oxygen atoms in total. The fraction of sp³-hybridized carbons (Fsp3) is 0.462. The van der Waals surface area contributed by atoms with Gasteiger partial charge >= 0.3 is 0 Å². The lowest BCUT2D eigenvalue weighted by atomic mass is 10.1. The number of nitrogens with zero attached hydrogens (tertiary/aromatic N) is 1. The first-order valence-corrected chi connectivity index (χ1v) is 6.27. The van der Waals surface area contributed by atoms with Crippen molar-refractivity contribution >= 4 is 17.5 Å². The molecule has 92 valence electrons. The van der Waals surface area contributed by atoms with Crippen molar-refractivity contribution in [3.05, 3.63) is 34.9 Å². The van der Waals surface area contributed by atoms with Gasteiger partial charge in [0.25, 0.3) is 0 Å². The smallest absolute Gasteiger partial charge is 0.239 e. The standard InChI is InChI=1S/C13H17ClN2O/c1-16(13(17)12-3-2-8-15-12)9-10-4-6-11(14)7-5-10/h4-7,12,15H,2-3,8-9H2,1H3. The molecule has 1 heterocycles. The highest BCUT2D eigenvalue weighted by atomic mass is 35.5. The minimum Gasteiger partial charge on any atom is -0.340 e. The van der Waals surface area contributed by atoms with Crippen LogP contribution in [-0.2, 0) is 11.3 Å². The molecule has 1 amide bonds. The van der Waals surface area contributed by atoms with Gasteiger partial charge in [-0.15, -0.1) is 0 Å². The number of hydrogen-bond acceptors (Lipinski definition) is 2. The van der Waals surface area contributed by atoms with Crippen LogP contribution in [-0.4, -0.2) is 30.4 Å². The van der Waals surface area contributed by atoms with E-state index in [1.807, 2.05) is 31.3 Å². The van der Waals surface area contributed by atoms with Crippen molar-refractivity contribution in [1.29, 1.82) is 0 Å². The summed E-state index contributed by atoms with van der Waals surface area (Å²) in [6.45, 7) is 1.58. The van der Waals surface area contributed by atoms with Crippen molar-refractivity contribution in [2.24, 2.45) is 0 Å². The first-order valence-electron chi connectivity index (χ1n) is 5.89. The highest BCUT2D eigenvalue weighted by Gasteiger charge is 2.24. The van der Waals surface area contributed by atoms with Gasteiger partial charge in [-0.2, -0.15) is 0 Å². The summed E-state index contributed by atoms with van der Waals surface area (Å²) in [5.74, 6) is 0.178. The maximum Gasteiger partial charge on any atom is 0.239 e. The van der Waals surface area contributed by atoms with Crippen molar-refractivity contribution in [3.63, 3.8) is 0 Å². The minimum atomic E-state index is 0.00676. The van der Waals surface area contributed by atoms with E-state index in [9.17, 15) is 4.79 Å². The molecule has 4 heteroatoms. The molecule has 0 aliphatic carbocycles. The Morgan fingerprint density at radius 2 is 2.18 bits per heavy atom. The summed E-state index contributed by atoms with van der Waals surface area (Å²) in [6.07, 6.45) is 2.04. The van der Waals surface area contributed by atoms with Crippen LogP contribution in [0.3, 0.4) is 0 Å². The van der Waals surface area contributed by atoms with Crippen LogP contribution in [0.1, 0.15) is 18.4 Å². The van der Waals surface area contributed by atoms with Crippen molar-refractivity contribution in [1.82, 2.24) is 10.2 Å². The van der Waals surface area contributed by atoms with Crippen LogP contribution in [0.5, 0.6) is 0 Å². The van der Waals surface area contributed by atoms with Gasteiger partial charge in [0.1, 0.15) is 0 Å². The summed E-state index contributed by atoms with van der Waals surface area (Å²) in [7, 11) is 1.84. The van der Waals surface area contributed by atoms with Crippen LogP contribution in [0.2, 0.25) is 5.02 Å². The number of rotatable bonds is 3. The summed E-state index contributed by atoms with van der Waals surface area (Å²) in [6, 6.07) is 7.61. The fourth-order valence-corrected chi connectivity index (χ4v) is 2.23. The van der Waals surface area contributed by atoms with E-state index in [1.54, 1.807) is 4.90 Å². The third-order valence-electron chi connectivity index (χ3n) is 3.07. The molecule has 1 N–H and O–H groups in total. The van der Waals surface area contributed by atoms with Gasteiger partial charge < -0.3 is 10.2 Å². The largest absolute Gasteiger partial charge is 0.340 e. The van der Waals surface area contributed by atoms with Crippen molar-refractivity contribution in [2.45, 2.75) is 25.4 Å². The molecule has 1 unspecified atom stereocenters. The molecule has 0 aromatic heterocycles. The van der Waals surface area contributed by atoms with Gasteiger partial charge in [0.15, 0.2) is 0 Å². The average molecular weight is 253 g/mol. The molecule has 0 radical (unpaired) electrons. The fourth-order valence-electron chi connectivity index (χ4n) is 2.10. The van der Waals surface area contributed by atoms with E-state index in [-0.39, 0.29) is 11.9 Å². The number of hydrogen-bond donors (Lipinski definition) is 1. The lowest BCUT2D eigenvalue weighted by Gasteiger charge is -2.21. The number of nitrogens with one attached hydrogen (secondary N) is 1. The van der Waals surface area contributed by atoms with Gasteiger partial charge in [0.05, 0.1) is 6.04 Å². The Morgan fingerprint density at radius 3 is 2.76 bits per heavy atom. The molecular weight excluding hydrogens is 236 g/mol. The Morgan fingerprint density at radius 1 is 1.47 bits per heavy atom. The molecule has 0 saturated carbocycles. The predicted octanol–water partition coefficient (Wildman–Crippen LogP) is 2.05. The van der Waals surface area contributed by atoms with E-state index < -0.39 is 0 Å². The van der Waals surface area contributed by atoms with Gasteiger partial charge in [-0.05, 0) is 37.1 Å². The molecule has 17 heavy (non-hydrogen) atoms. The molecule has 1 aliphatic heterocycles. The van der Waals surface area contributed by atoms with E-state index in [4.69, 9.17) is 11.6 Å². The normalized spacial score (nSPS) is 19.3. The van der Waals surface area contributed by atoms with E-state index in [1.165, 1.54) is 0 Å². The zero-order valence-electron chi connectivity index (χ0n) is 9.95. The molecule has 1 aliphatic rings. The van der Waals surface area contributed by atoms with E-state index in [0.29, 0.717) is 6.54 Å². The van der Waals surface area contributed by atoms with Crippen LogP contribution < -0.4 is 5.32 Å². The number of benzene rings is 1. The topological polar surface area (TPSA) is 32.3 Å². The Labute approximate surface area is 107 Å². The van der Waals surface area contributed by atoms with E-state index in [0.717, 1.165) is 30.0 Å². The van der Waals surface area contributed by atoms with Crippen LogP contribution in [0.4, 0.5) is 0 Å². The Balaban J connectivity index is 1.93. The molecule has 1 aromatic rings. The Bertz CT molecular complexity index is 385. The van der Waals surface area contributed by atoms with Gasteiger partial charge in [-0.25, -0.2) is 0 Å². The third-order valence-corrected chi connectivity index (χ3v) is 3.32. The van der Waals surface area contributed by atoms with E-state index >= 15 is 0 Å². The lowest BCUT2D eigenvalue weighted by molar-refractivity contribution is -0.132. The van der Waals surface area contributed by atoms with Gasteiger partial charge in [0.2, 0.25) is 5.91 Å². The van der Waals surface area contributed by atoms with Gasteiger partial charge in [0, 0.05) is 18.6 Å². The molecule has 1 saturated heterocycles. The number of amides is 1. The highest BCUT2D eigenvalue weighted by molar-refractivity contribution is 6.30. The summed E-state index contributed by atoms with van der Waals surface area (Å²) >= 11 is 5.82. The van der Waals surface area contributed by atoms with Gasteiger partial charge in [-0.3, -0.25) is 4.79 Å². The average Bonchev–Trinajstić information content (AvgIpc) is 2.84. The Hall–Kier alpha value is -1.06. The molecule has 1 atom stereocenters. The van der Waals surface area contributed by atoms with Crippen LogP contribution >= 0.6 is 11.6 Å². The van der Waals surface area contributed by atoms with Crippen LogP contribution in [0, 0.1) is 0 Å². The first-order chi connectivity index (χ1) is 8.16. The van der Waals surface area contributed by atoms with Gasteiger partial charge in [-0.1, -0.05) is 23.7 Å². The third kappa shape index (κ3) is 3.20. The zero-order valence-corrected chi connectivity index (χ0v) is 10.7. The molecular formula is C13H17ClN2O. The van der Waals surface area contributed by atoms with Crippen molar-refractivity contribution < 1.29 is 4.79 Å². The second-order valence-corrected chi connectivity index (χ2v) is 4.91. The number of carbonyl (C=O) groups is 1. The molecule has 0 bridgehead atoms. The molecule has 1 fully saturated rings. The van der Waals surface area contributed by atoms with Crippen LogP contribution in [0.15, 0.2) is 24.3 Å². The predicted molar refractivity (Wildman–Crippen MR) is 69.0 cm³/mol. The number of halogens is 1. The summed E-state index contributed by atoms with van der Waals surface area (Å²) in [4.78, 5) is 13.8. The lowest BCUT2D eigenvalue weighted by Crippen LogP contribution is -2.41. The molecule has 0 spiro atoms. The summed E-state index contributed by atoms with van der Waals surface area (Å²) in [5, 5.41) is 3.94. The first kappa shape index (κ1) is 12.4. The molecule has 1 aromatic carbocycles. The summed E-state index contributed by atoms with van der Waals surface area (Å²) in [5.41, 5.74) is 1.10. The minimum absolute atomic E-state index is 0.00676. The SMILES string of the molecule is CN(Cc1ccc(Cl)cc1)C(=O)C1CCCN1. The maximum atomic E-state index is 12.1. The number of likely N-dealkylation sites (N-methyl/N-ethyl adjacent to an activating group) is 1. The zero-order chi connectivity index (χ0) is 12.3. The monoisotopic (exact) mass is 252 g/mol. The maximum absolute atomic E-state index is 12.1. The quantitative estimate of drug-likeness (QED) is 0.893. The Kier molecular flexibility index (Phi) is 4.02. The second-order valence-electron chi connectivity index (χ2n) is 4.47. The molecule has 2 rings (SSSR count). The highest BCUT2D eigenvalue weighted by Crippen LogP contribution is 2.13. The second kappa shape index (κ2) is 5.52.